The lowest BCUT2D eigenvalue weighted by atomic mass is 10.3. The molecule has 0 saturated carbocycles. The molecular formula is C10H9BrN4O2. The van der Waals surface area contributed by atoms with Crippen LogP contribution in [0.5, 0.6) is 0 Å². The van der Waals surface area contributed by atoms with Gasteiger partial charge in [-0.3, -0.25) is 9.36 Å². The van der Waals surface area contributed by atoms with Gasteiger partial charge in [-0.25, -0.2) is 4.79 Å². The molecule has 1 amide bonds. The summed E-state index contributed by atoms with van der Waals surface area (Å²) in [7, 11) is 1.45. The fourth-order valence-electron chi connectivity index (χ4n) is 1.43. The van der Waals surface area contributed by atoms with Crippen LogP contribution in [0.2, 0.25) is 0 Å². The zero-order valence-electron chi connectivity index (χ0n) is 8.92. The first kappa shape index (κ1) is 11.6. The van der Waals surface area contributed by atoms with Gasteiger partial charge < -0.3 is 5.73 Å². The quantitative estimate of drug-likeness (QED) is 0.872. The van der Waals surface area contributed by atoms with Crippen LogP contribution in [-0.4, -0.2) is 20.3 Å². The first-order valence-corrected chi connectivity index (χ1v) is 5.52. The number of para-hydroxylation sites is 1. The molecule has 2 rings (SSSR count). The number of primary amides is 1. The fourth-order valence-corrected chi connectivity index (χ4v) is 1.88. The van der Waals surface area contributed by atoms with Crippen molar-refractivity contribution in [2.24, 2.45) is 12.8 Å². The third-order valence-corrected chi connectivity index (χ3v) is 2.95. The second-order valence-electron chi connectivity index (χ2n) is 3.39. The van der Waals surface area contributed by atoms with Crippen LogP contribution >= 0.6 is 15.9 Å². The summed E-state index contributed by atoms with van der Waals surface area (Å²) in [5, 5.41) is 3.90. The summed E-state index contributed by atoms with van der Waals surface area (Å²) in [4.78, 5) is 23.0. The molecule has 0 aliphatic heterocycles. The zero-order chi connectivity index (χ0) is 12.6. The molecule has 0 saturated heterocycles. The fraction of sp³-hybridized carbons (Fsp3) is 0.100. The van der Waals surface area contributed by atoms with Crippen molar-refractivity contribution in [3.63, 3.8) is 0 Å². The number of hydrogen-bond acceptors (Lipinski definition) is 3. The Kier molecular flexibility index (Phi) is 2.84. The van der Waals surface area contributed by atoms with Crippen LogP contribution in [0.15, 0.2) is 33.5 Å². The number of nitrogens with zero attached hydrogens (tertiary/aromatic N) is 3. The van der Waals surface area contributed by atoms with Crippen LogP contribution in [0.1, 0.15) is 10.6 Å². The third kappa shape index (κ3) is 1.89. The lowest BCUT2D eigenvalue weighted by Gasteiger charge is -2.00. The molecule has 0 fully saturated rings. The number of rotatable bonds is 2. The molecule has 0 aliphatic carbocycles. The van der Waals surface area contributed by atoms with Crippen molar-refractivity contribution < 1.29 is 4.79 Å². The molecule has 0 radical (unpaired) electrons. The molecule has 0 atom stereocenters. The van der Waals surface area contributed by atoms with E-state index in [-0.39, 0.29) is 5.82 Å². The second-order valence-corrected chi connectivity index (χ2v) is 4.25. The van der Waals surface area contributed by atoms with Crippen molar-refractivity contribution >= 4 is 21.8 Å². The molecule has 88 valence electrons. The monoisotopic (exact) mass is 296 g/mol. The molecule has 2 aromatic rings. The Morgan fingerprint density at radius 3 is 2.59 bits per heavy atom. The third-order valence-electron chi connectivity index (χ3n) is 2.28. The van der Waals surface area contributed by atoms with Gasteiger partial charge in [0.2, 0.25) is 5.82 Å². The highest BCUT2D eigenvalue weighted by molar-refractivity contribution is 9.10. The van der Waals surface area contributed by atoms with Crippen LogP contribution in [-0.2, 0) is 7.05 Å². The smallest absolute Gasteiger partial charge is 0.350 e. The van der Waals surface area contributed by atoms with E-state index in [0.717, 1.165) is 9.25 Å². The Morgan fingerprint density at radius 2 is 2.06 bits per heavy atom. The number of halogens is 1. The van der Waals surface area contributed by atoms with Crippen LogP contribution in [0.4, 0.5) is 0 Å². The highest BCUT2D eigenvalue weighted by Crippen LogP contribution is 2.18. The van der Waals surface area contributed by atoms with Crippen molar-refractivity contribution in [2.75, 3.05) is 0 Å². The summed E-state index contributed by atoms with van der Waals surface area (Å²) in [5.41, 5.74) is 5.26. The lowest BCUT2D eigenvalue weighted by Crippen LogP contribution is -2.24. The predicted molar refractivity (Wildman–Crippen MR) is 65.0 cm³/mol. The van der Waals surface area contributed by atoms with Gasteiger partial charge in [0.1, 0.15) is 0 Å². The molecule has 0 aliphatic rings. The van der Waals surface area contributed by atoms with Gasteiger partial charge >= 0.3 is 5.69 Å². The standard InChI is InChI=1S/C10H9BrN4O2/c1-14-9(8(12)16)13-15(10(14)17)7-5-3-2-4-6(7)11/h2-5H,1H3,(H2,12,16). The molecule has 0 bridgehead atoms. The van der Waals surface area contributed by atoms with Crippen LogP contribution in [0, 0.1) is 0 Å². The van der Waals surface area contributed by atoms with Crippen LogP contribution < -0.4 is 11.4 Å². The Labute approximate surface area is 105 Å². The number of aromatic nitrogens is 3. The average molecular weight is 297 g/mol. The largest absolute Gasteiger partial charge is 0.363 e. The minimum atomic E-state index is -0.740. The van der Waals surface area contributed by atoms with Gasteiger partial charge in [0.25, 0.3) is 5.91 Å². The topological polar surface area (TPSA) is 82.9 Å². The molecule has 7 heteroatoms. The van der Waals surface area contributed by atoms with Gasteiger partial charge in [-0.15, -0.1) is 5.10 Å². The van der Waals surface area contributed by atoms with E-state index in [9.17, 15) is 9.59 Å². The summed E-state index contributed by atoms with van der Waals surface area (Å²) in [6.07, 6.45) is 0. The van der Waals surface area contributed by atoms with Crippen molar-refractivity contribution in [2.45, 2.75) is 0 Å². The predicted octanol–water partition coefficient (Wildman–Crippen LogP) is 0.432. The van der Waals surface area contributed by atoms with Gasteiger partial charge in [-0.05, 0) is 28.1 Å². The average Bonchev–Trinajstić information content (AvgIpc) is 2.57. The molecule has 6 nitrogen and oxygen atoms in total. The minimum absolute atomic E-state index is 0.0780. The Morgan fingerprint density at radius 1 is 1.41 bits per heavy atom. The van der Waals surface area contributed by atoms with Crippen molar-refractivity contribution in [3.8, 4) is 5.69 Å². The van der Waals surface area contributed by atoms with Gasteiger partial charge in [-0.2, -0.15) is 4.68 Å². The normalized spacial score (nSPS) is 10.5. The number of carbonyl (C=O) groups is 1. The van der Waals surface area contributed by atoms with E-state index in [4.69, 9.17) is 5.73 Å². The zero-order valence-corrected chi connectivity index (χ0v) is 10.5. The highest BCUT2D eigenvalue weighted by atomic mass is 79.9. The first-order chi connectivity index (χ1) is 8.02. The number of nitrogens with two attached hydrogens (primary N) is 1. The van der Waals surface area contributed by atoms with Crippen molar-refractivity contribution in [3.05, 3.63) is 45.0 Å². The van der Waals surface area contributed by atoms with E-state index in [2.05, 4.69) is 21.0 Å². The Bertz CT molecular complexity index is 644. The second kappa shape index (κ2) is 4.17. The summed E-state index contributed by atoms with van der Waals surface area (Å²) in [6, 6.07) is 7.07. The van der Waals surface area contributed by atoms with E-state index in [1.54, 1.807) is 18.2 Å². The molecule has 0 unspecified atom stereocenters. The Balaban J connectivity index is 2.70. The van der Waals surface area contributed by atoms with Crippen LogP contribution in [0.25, 0.3) is 5.69 Å². The number of carbonyl (C=O) groups excluding carboxylic acids is 1. The van der Waals surface area contributed by atoms with Gasteiger partial charge in [-0.1, -0.05) is 12.1 Å². The molecule has 1 aromatic heterocycles. The first-order valence-electron chi connectivity index (χ1n) is 4.73. The summed E-state index contributed by atoms with van der Waals surface area (Å²) < 4.78 is 2.95. The van der Waals surface area contributed by atoms with E-state index >= 15 is 0 Å². The number of benzene rings is 1. The van der Waals surface area contributed by atoms with Crippen molar-refractivity contribution in [1.29, 1.82) is 0 Å². The Hall–Kier alpha value is -1.89. The molecule has 17 heavy (non-hydrogen) atoms. The van der Waals surface area contributed by atoms with Gasteiger partial charge in [0.05, 0.1) is 5.69 Å². The lowest BCUT2D eigenvalue weighted by molar-refractivity contribution is 0.0986. The molecular weight excluding hydrogens is 288 g/mol. The molecule has 1 heterocycles. The number of amides is 1. The van der Waals surface area contributed by atoms with E-state index in [0.29, 0.717) is 10.2 Å². The van der Waals surface area contributed by atoms with Gasteiger partial charge in [0, 0.05) is 11.5 Å². The SMILES string of the molecule is Cn1c(C(N)=O)nn(-c2ccccc2Br)c1=O. The highest BCUT2D eigenvalue weighted by Gasteiger charge is 2.16. The van der Waals surface area contributed by atoms with E-state index < -0.39 is 11.6 Å². The molecule has 2 N–H and O–H groups in total. The van der Waals surface area contributed by atoms with Crippen molar-refractivity contribution in [1.82, 2.24) is 14.3 Å². The van der Waals surface area contributed by atoms with E-state index in [1.165, 1.54) is 7.05 Å². The molecule has 0 spiro atoms. The summed E-state index contributed by atoms with van der Waals surface area (Å²) in [6.45, 7) is 0. The minimum Gasteiger partial charge on any atom is -0.363 e. The summed E-state index contributed by atoms with van der Waals surface area (Å²) in [5.74, 6) is -0.818. The van der Waals surface area contributed by atoms with Crippen LogP contribution in [0.3, 0.4) is 0 Å². The maximum Gasteiger partial charge on any atom is 0.350 e. The molecule has 1 aromatic carbocycles. The van der Waals surface area contributed by atoms with Gasteiger partial charge in [0.15, 0.2) is 0 Å². The summed E-state index contributed by atoms with van der Waals surface area (Å²) >= 11 is 3.31. The number of hydrogen-bond donors (Lipinski definition) is 1. The maximum atomic E-state index is 11.9. The van der Waals surface area contributed by atoms with E-state index in [1.807, 2.05) is 6.07 Å². The maximum absolute atomic E-state index is 11.9.